The van der Waals surface area contributed by atoms with Crippen molar-refractivity contribution in [1.82, 2.24) is 13.9 Å². The fraction of sp³-hybridized carbons (Fsp3) is 0.333. The van der Waals surface area contributed by atoms with E-state index in [1.807, 2.05) is 7.05 Å². The molecule has 0 unspecified atom stereocenters. The van der Waals surface area contributed by atoms with Gasteiger partial charge in [0.25, 0.3) is 0 Å². The molecule has 1 heterocycles. The largest absolute Gasteiger partial charge is 0.304 e. The maximum Gasteiger partial charge on any atom is 0.243 e. The van der Waals surface area contributed by atoms with Crippen LogP contribution in [-0.4, -0.2) is 59.3 Å². The molecule has 0 spiro atoms. The van der Waals surface area contributed by atoms with Gasteiger partial charge in [0.2, 0.25) is 20.0 Å². The van der Waals surface area contributed by atoms with Crippen LogP contribution in [-0.2, 0) is 26.6 Å². The topological polar surface area (TPSA) is 86.8 Å². The van der Waals surface area contributed by atoms with Gasteiger partial charge in [-0.1, -0.05) is 23.7 Å². The number of hydrogen-bond acceptors (Lipinski definition) is 5. The van der Waals surface area contributed by atoms with Gasteiger partial charge in [-0.05, 0) is 49.0 Å². The van der Waals surface area contributed by atoms with Crippen molar-refractivity contribution >= 4 is 31.6 Å². The van der Waals surface area contributed by atoms with E-state index in [0.717, 1.165) is 0 Å². The summed E-state index contributed by atoms with van der Waals surface area (Å²) in [6, 6.07) is 12.1. The van der Waals surface area contributed by atoms with Crippen LogP contribution in [0.15, 0.2) is 58.3 Å². The van der Waals surface area contributed by atoms with E-state index in [2.05, 4.69) is 9.62 Å². The third-order valence-electron chi connectivity index (χ3n) is 4.61. The quantitative estimate of drug-likeness (QED) is 0.735. The van der Waals surface area contributed by atoms with Gasteiger partial charge in [0, 0.05) is 37.7 Å². The summed E-state index contributed by atoms with van der Waals surface area (Å²) in [5.74, 6) is 0. The highest BCUT2D eigenvalue weighted by Crippen LogP contribution is 2.19. The van der Waals surface area contributed by atoms with Crippen molar-refractivity contribution in [3.8, 4) is 0 Å². The van der Waals surface area contributed by atoms with Gasteiger partial charge in [-0.15, -0.1) is 0 Å². The van der Waals surface area contributed by atoms with E-state index in [0.29, 0.717) is 36.8 Å². The van der Waals surface area contributed by atoms with Crippen molar-refractivity contribution in [3.63, 3.8) is 0 Å². The average Bonchev–Trinajstić information content (AvgIpc) is 2.67. The van der Waals surface area contributed by atoms with E-state index in [1.54, 1.807) is 12.1 Å². The van der Waals surface area contributed by atoms with Crippen LogP contribution in [0.1, 0.15) is 5.56 Å². The molecule has 1 aliphatic rings. The smallest absolute Gasteiger partial charge is 0.243 e. The number of rotatable bonds is 6. The molecule has 0 bridgehead atoms. The predicted molar refractivity (Wildman–Crippen MR) is 108 cm³/mol. The maximum absolute atomic E-state index is 12.7. The summed E-state index contributed by atoms with van der Waals surface area (Å²) < 4.78 is 54.0. The number of sulfonamides is 2. The van der Waals surface area contributed by atoms with Gasteiger partial charge in [0.1, 0.15) is 0 Å². The van der Waals surface area contributed by atoms with Gasteiger partial charge in [-0.3, -0.25) is 0 Å². The summed E-state index contributed by atoms with van der Waals surface area (Å²) in [6.45, 7) is 2.37. The zero-order chi connectivity index (χ0) is 20.4. The zero-order valence-electron chi connectivity index (χ0n) is 15.4. The van der Waals surface area contributed by atoms with Crippen LogP contribution in [0.4, 0.5) is 0 Å². The van der Waals surface area contributed by atoms with Gasteiger partial charge in [-0.2, -0.15) is 4.31 Å². The number of nitrogens with one attached hydrogen (secondary N) is 1. The van der Waals surface area contributed by atoms with Gasteiger partial charge >= 0.3 is 0 Å². The molecule has 2 aromatic carbocycles. The van der Waals surface area contributed by atoms with Crippen LogP contribution in [0, 0.1) is 0 Å². The van der Waals surface area contributed by atoms with Gasteiger partial charge in [0.05, 0.1) is 9.79 Å². The van der Waals surface area contributed by atoms with Gasteiger partial charge in [-0.25, -0.2) is 21.6 Å². The fourth-order valence-corrected chi connectivity index (χ4v) is 5.40. The summed E-state index contributed by atoms with van der Waals surface area (Å²) >= 11 is 5.78. The molecular formula is C18H22ClN3O4S2. The van der Waals surface area contributed by atoms with Crippen LogP contribution in [0.3, 0.4) is 0 Å². The number of hydrogen-bond donors (Lipinski definition) is 1. The molecule has 28 heavy (non-hydrogen) atoms. The van der Waals surface area contributed by atoms with Crippen molar-refractivity contribution < 1.29 is 16.8 Å². The molecule has 0 aromatic heterocycles. The molecule has 0 amide bonds. The second kappa shape index (κ2) is 8.48. The second-order valence-corrected chi connectivity index (χ2v) is 10.8. The number of likely N-dealkylation sites (N-methyl/N-ethyl adjacent to an activating group) is 1. The highest BCUT2D eigenvalue weighted by Gasteiger charge is 2.27. The van der Waals surface area contributed by atoms with E-state index < -0.39 is 20.0 Å². The maximum atomic E-state index is 12.7. The molecule has 0 aliphatic carbocycles. The number of nitrogens with zero attached hydrogens (tertiary/aromatic N) is 2. The zero-order valence-corrected chi connectivity index (χ0v) is 17.8. The van der Waals surface area contributed by atoms with E-state index in [1.165, 1.54) is 40.7 Å². The highest BCUT2D eigenvalue weighted by atomic mass is 35.5. The van der Waals surface area contributed by atoms with Crippen LogP contribution >= 0.6 is 11.6 Å². The molecule has 2 aromatic rings. The van der Waals surface area contributed by atoms with Crippen molar-refractivity contribution in [3.05, 3.63) is 59.1 Å². The summed E-state index contributed by atoms with van der Waals surface area (Å²) in [4.78, 5) is 2.41. The van der Waals surface area contributed by atoms with E-state index in [9.17, 15) is 16.8 Å². The Hall–Kier alpha value is -1.49. The van der Waals surface area contributed by atoms with E-state index in [-0.39, 0.29) is 16.3 Å². The molecule has 3 rings (SSSR count). The van der Waals surface area contributed by atoms with E-state index in [4.69, 9.17) is 11.6 Å². The molecule has 1 saturated heterocycles. The molecule has 0 radical (unpaired) electrons. The summed E-state index contributed by atoms with van der Waals surface area (Å²) in [5.41, 5.74) is 0.662. The SMILES string of the molecule is CN1CCN(S(=O)(=O)c2ccc(CNS(=O)(=O)c3ccc(Cl)cc3)cc2)CC1. The average molecular weight is 444 g/mol. The number of piperazine rings is 1. The molecule has 1 N–H and O–H groups in total. The summed E-state index contributed by atoms with van der Waals surface area (Å²) in [7, 11) is -5.25. The molecule has 1 fully saturated rings. The Morgan fingerprint density at radius 1 is 0.857 bits per heavy atom. The lowest BCUT2D eigenvalue weighted by molar-refractivity contribution is 0.222. The molecular weight excluding hydrogens is 422 g/mol. The third-order valence-corrected chi connectivity index (χ3v) is 8.20. The Kier molecular flexibility index (Phi) is 6.43. The lowest BCUT2D eigenvalue weighted by Gasteiger charge is -2.31. The molecule has 0 atom stereocenters. The standard InChI is InChI=1S/C18H22ClN3O4S2/c1-21-10-12-22(13-11-21)28(25,26)18-6-2-15(3-7-18)14-20-27(23,24)17-8-4-16(19)5-9-17/h2-9,20H,10-14H2,1H3. The predicted octanol–water partition coefficient (Wildman–Crippen LogP) is 1.75. The van der Waals surface area contributed by atoms with Crippen molar-refractivity contribution in [2.75, 3.05) is 33.2 Å². The van der Waals surface area contributed by atoms with Gasteiger partial charge in [0.15, 0.2) is 0 Å². The summed E-state index contributed by atoms with van der Waals surface area (Å²) in [5, 5.41) is 0.455. The Bertz CT molecular complexity index is 1020. The van der Waals surface area contributed by atoms with E-state index >= 15 is 0 Å². The Morgan fingerprint density at radius 3 is 1.96 bits per heavy atom. The first kappa shape index (κ1) is 21.2. The second-order valence-electron chi connectivity index (χ2n) is 6.63. The molecule has 0 saturated carbocycles. The van der Waals surface area contributed by atoms with Crippen LogP contribution in [0.25, 0.3) is 0 Å². The fourth-order valence-electron chi connectivity index (χ4n) is 2.83. The first-order valence-electron chi connectivity index (χ1n) is 8.71. The van der Waals surface area contributed by atoms with Crippen molar-refractivity contribution in [2.45, 2.75) is 16.3 Å². The molecule has 1 aliphatic heterocycles. The minimum Gasteiger partial charge on any atom is -0.304 e. The third kappa shape index (κ3) is 4.91. The molecule has 7 nitrogen and oxygen atoms in total. The first-order chi connectivity index (χ1) is 13.2. The normalized spacial score (nSPS) is 16.9. The van der Waals surface area contributed by atoms with Crippen LogP contribution in [0.5, 0.6) is 0 Å². The van der Waals surface area contributed by atoms with Gasteiger partial charge < -0.3 is 4.90 Å². The van der Waals surface area contributed by atoms with Crippen molar-refractivity contribution in [2.24, 2.45) is 0 Å². The first-order valence-corrected chi connectivity index (χ1v) is 12.0. The Balaban J connectivity index is 1.66. The minimum atomic E-state index is -3.68. The number of benzene rings is 2. The Morgan fingerprint density at radius 2 is 1.39 bits per heavy atom. The Labute approximate surface area is 171 Å². The molecule has 152 valence electrons. The van der Waals surface area contributed by atoms with Crippen LogP contribution < -0.4 is 4.72 Å². The van der Waals surface area contributed by atoms with Crippen LogP contribution in [0.2, 0.25) is 5.02 Å². The molecule has 10 heteroatoms. The summed E-state index contributed by atoms with van der Waals surface area (Å²) in [6.07, 6.45) is 0. The highest BCUT2D eigenvalue weighted by molar-refractivity contribution is 7.89. The monoisotopic (exact) mass is 443 g/mol. The lowest BCUT2D eigenvalue weighted by Crippen LogP contribution is -2.47. The minimum absolute atomic E-state index is 0.0554. The lowest BCUT2D eigenvalue weighted by atomic mass is 10.2. The van der Waals surface area contributed by atoms with Crippen molar-refractivity contribution in [1.29, 1.82) is 0 Å². The number of halogens is 1.